The van der Waals surface area contributed by atoms with Gasteiger partial charge in [0.2, 0.25) is 0 Å². The molecule has 0 aliphatic carbocycles. The molecule has 19 heavy (non-hydrogen) atoms. The Morgan fingerprint density at radius 2 is 2.11 bits per heavy atom. The maximum atomic E-state index is 12.8. The number of carbonyl (C=O) groups excluding carboxylic acids is 1. The third kappa shape index (κ3) is 4.03. The van der Waals surface area contributed by atoms with E-state index < -0.39 is 11.9 Å². The average molecular weight is 325 g/mol. The van der Waals surface area contributed by atoms with Gasteiger partial charge in [0.25, 0.3) is 0 Å². The van der Waals surface area contributed by atoms with Crippen LogP contribution in [0.2, 0.25) is 0 Å². The third-order valence-corrected chi connectivity index (χ3v) is 2.85. The highest BCUT2D eigenvalue weighted by atomic mass is 79.9. The van der Waals surface area contributed by atoms with Gasteiger partial charge < -0.3 is 4.74 Å². The Labute approximate surface area is 117 Å². The normalized spacial score (nSPS) is 10.0. The summed E-state index contributed by atoms with van der Waals surface area (Å²) in [6.07, 6.45) is 0.362. The van der Waals surface area contributed by atoms with Crippen molar-refractivity contribution < 1.29 is 13.9 Å². The second kappa shape index (κ2) is 6.29. The molecule has 0 aliphatic heterocycles. The maximum absolute atomic E-state index is 12.8. The van der Waals surface area contributed by atoms with Crippen molar-refractivity contribution in [3.05, 3.63) is 58.4 Å². The molecular weight excluding hydrogens is 315 g/mol. The van der Waals surface area contributed by atoms with Crippen molar-refractivity contribution in [3.63, 3.8) is 0 Å². The van der Waals surface area contributed by atoms with Gasteiger partial charge in [0, 0.05) is 0 Å². The van der Waals surface area contributed by atoms with Crippen molar-refractivity contribution in [3.8, 4) is 0 Å². The van der Waals surface area contributed by atoms with E-state index in [0.717, 1.165) is 11.8 Å². The molecule has 0 aliphatic rings. The lowest BCUT2D eigenvalue weighted by atomic mass is 10.2. The largest absolute Gasteiger partial charge is 0.444 e. The molecule has 0 saturated carbocycles. The lowest BCUT2D eigenvalue weighted by Gasteiger charge is -2.07. The molecule has 1 heterocycles. The number of pyridine rings is 1. The number of aromatic nitrogens is 1. The molecule has 6 heteroatoms. The first-order valence-electron chi connectivity index (χ1n) is 5.44. The van der Waals surface area contributed by atoms with Gasteiger partial charge in [-0.3, -0.25) is 5.32 Å². The van der Waals surface area contributed by atoms with Gasteiger partial charge >= 0.3 is 6.09 Å². The van der Waals surface area contributed by atoms with Gasteiger partial charge in [0.15, 0.2) is 0 Å². The fourth-order valence-electron chi connectivity index (χ4n) is 1.36. The SMILES string of the molecule is O=C(Nc1ncc(F)cc1Br)OCc1ccccc1. The maximum Gasteiger partial charge on any atom is 0.413 e. The number of anilines is 1. The van der Waals surface area contributed by atoms with E-state index in [9.17, 15) is 9.18 Å². The summed E-state index contributed by atoms with van der Waals surface area (Å²) in [4.78, 5) is 15.3. The Hall–Kier alpha value is -1.95. The van der Waals surface area contributed by atoms with Crippen LogP contribution in [0, 0.1) is 5.82 Å². The Morgan fingerprint density at radius 3 is 2.79 bits per heavy atom. The van der Waals surface area contributed by atoms with Crippen molar-refractivity contribution in [1.29, 1.82) is 0 Å². The summed E-state index contributed by atoms with van der Waals surface area (Å²) in [5, 5.41) is 2.42. The molecule has 0 unspecified atom stereocenters. The molecule has 0 bridgehead atoms. The predicted octanol–water partition coefficient (Wildman–Crippen LogP) is 3.73. The van der Waals surface area contributed by atoms with Crippen molar-refractivity contribution in [1.82, 2.24) is 4.98 Å². The Kier molecular flexibility index (Phi) is 4.46. The van der Waals surface area contributed by atoms with Crippen LogP contribution < -0.4 is 5.32 Å². The monoisotopic (exact) mass is 324 g/mol. The van der Waals surface area contributed by atoms with Gasteiger partial charge in [0.05, 0.1) is 10.7 Å². The number of carbonyl (C=O) groups is 1. The third-order valence-electron chi connectivity index (χ3n) is 2.24. The quantitative estimate of drug-likeness (QED) is 0.935. The lowest BCUT2D eigenvalue weighted by molar-refractivity contribution is 0.155. The summed E-state index contributed by atoms with van der Waals surface area (Å²) in [5.74, 6) is -0.283. The number of benzene rings is 1. The topological polar surface area (TPSA) is 51.2 Å². The molecule has 0 fully saturated rings. The standard InChI is InChI=1S/C13H10BrFN2O2/c14-11-6-10(15)7-16-12(11)17-13(18)19-8-9-4-2-1-3-5-9/h1-7H,8H2,(H,16,17,18). The zero-order chi connectivity index (χ0) is 13.7. The van der Waals surface area contributed by atoms with Gasteiger partial charge in [0.1, 0.15) is 18.2 Å². The minimum absolute atomic E-state index is 0.158. The number of nitrogens with zero attached hydrogens (tertiary/aromatic N) is 1. The molecule has 1 aromatic heterocycles. The molecular formula is C13H10BrFN2O2. The van der Waals surface area contributed by atoms with Crippen LogP contribution in [0.15, 0.2) is 47.1 Å². The molecule has 0 atom stereocenters. The molecule has 1 amide bonds. The number of halogens is 2. The van der Waals surface area contributed by atoms with Crippen LogP contribution in [0.1, 0.15) is 5.56 Å². The number of amides is 1. The summed E-state index contributed by atoms with van der Waals surface area (Å²) in [7, 11) is 0. The van der Waals surface area contributed by atoms with E-state index >= 15 is 0 Å². The average Bonchev–Trinajstić information content (AvgIpc) is 2.41. The minimum atomic E-state index is -0.649. The van der Waals surface area contributed by atoms with Gasteiger partial charge in [-0.1, -0.05) is 30.3 Å². The summed E-state index contributed by atoms with van der Waals surface area (Å²) in [6.45, 7) is 0.158. The van der Waals surface area contributed by atoms with E-state index in [2.05, 4.69) is 26.2 Å². The van der Waals surface area contributed by atoms with E-state index in [4.69, 9.17) is 4.74 Å². The fraction of sp³-hybridized carbons (Fsp3) is 0.0769. The molecule has 4 nitrogen and oxygen atoms in total. The van der Waals surface area contributed by atoms with E-state index in [-0.39, 0.29) is 12.4 Å². The smallest absolute Gasteiger partial charge is 0.413 e. The predicted molar refractivity (Wildman–Crippen MR) is 72.1 cm³/mol. The molecule has 1 N–H and O–H groups in total. The molecule has 0 radical (unpaired) electrons. The van der Waals surface area contributed by atoms with Crippen molar-refractivity contribution in [2.75, 3.05) is 5.32 Å². The van der Waals surface area contributed by atoms with Crippen molar-refractivity contribution in [2.45, 2.75) is 6.61 Å². The van der Waals surface area contributed by atoms with Gasteiger partial charge in [-0.05, 0) is 27.6 Å². The molecule has 1 aromatic carbocycles. The van der Waals surface area contributed by atoms with Crippen LogP contribution in [0.5, 0.6) is 0 Å². The number of hydrogen-bond acceptors (Lipinski definition) is 3. The lowest BCUT2D eigenvalue weighted by Crippen LogP contribution is -2.14. The van der Waals surface area contributed by atoms with Crippen LogP contribution in [0.4, 0.5) is 15.0 Å². The summed E-state index contributed by atoms with van der Waals surface area (Å²) >= 11 is 3.10. The zero-order valence-electron chi connectivity index (χ0n) is 9.77. The van der Waals surface area contributed by atoms with E-state index in [1.165, 1.54) is 6.07 Å². The second-order valence-corrected chi connectivity index (χ2v) is 4.53. The zero-order valence-corrected chi connectivity index (χ0v) is 11.4. The van der Waals surface area contributed by atoms with Gasteiger partial charge in [-0.2, -0.15) is 0 Å². The molecule has 0 spiro atoms. The number of hydrogen-bond donors (Lipinski definition) is 1. The first-order chi connectivity index (χ1) is 9.15. The molecule has 98 valence electrons. The number of nitrogens with one attached hydrogen (secondary N) is 1. The Morgan fingerprint density at radius 1 is 1.37 bits per heavy atom. The highest BCUT2D eigenvalue weighted by molar-refractivity contribution is 9.10. The van der Waals surface area contributed by atoms with Crippen molar-refractivity contribution in [2.24, 2.45) is 0 Å². The van der Waals surface area contributed by atoms with Crippen LogP contribution in [-0.4, -0.2) is 11.1 Å². The Balaban J connectivity index is 1.91. The first kappa shape index (κ1) is 13.5. The van der Waals surface area contributed by atoms with Gasteiger partial charge in [-0.25, -0.2) is 14.2 Å². The number of ether oxygens (including phenoxy) is 1. The van der Waals surface area contributed by atoms with E-state index in [0.29, 0.717) is 4.47 Å². The van der Waals surface area contributed by atoms with Crippen molar-refractivity contribution >= 4 is 27.8 Å². The molecule has 2 aromatic rings. The summed E-state index contributed by atoms with van der Waals surface area (Å²) < 4.78 is 18.2. The van der Waals surface area contributed by atoms with Crippen LogP contribution >= 0.6 is 15.9 Å². The van der Waals surface area contributed by atoms with Crippen LogP contribution in [0.25, 0.3) is 0 Å². The second-order valence-electron chi connectivity index (χ2n) is 3.67. The minimum Gasteiger partial charge on any atom is -0.444 e. The molecule has 2 rings (SSSR count). The highest BCUT2D eigenvalue weighted by Gasteiger charge is 2.08. The van der Waals surface area contributed by atoms with Gasteiger partial charge in [-0.15, -0.1) is 0 Å². The Bertz CT molecular complexity index is 578. The van der Waals surface area contributed by atoms with Crippen LogP contribution in [-0.2, 0) is 11.3 Å². The summed E-state index contributed by atoms with van der Waals surface area (Å²) in [5.41, 5.74) is 0.879. The molecule has 0 saturated heterocycles. The highest BCUT2D eigenvalue weighted by Crippen LogP contribution is 2.20. The van der Waals surface area contributed by atoms with E-state index in [1.54, 1.807) is 0 Å². The summed E-state index contributed by atoms with van der Waals surface area (Å²) in [6, 6.07) is 10.5. The first-order valence-corrected chi connectivity index (χ1v) is 6.23. The van der Waals surface area contributed by atoms with Crippen LogP contribution in [0.3, 0.4) is 0 Å². The fourth-order valence-corrected chi connectivity index (χ4v) is 1.78. The number of rotatable bonds is 3. The van der Waals surface area contributed by atoms with E-state index in [1.807, 2.05) is 30.3 Å².